The molecule has 0 aromatic heterocycles. The summed E-state index contributed by atoms with van der Waals surface area (Å²) in [5.74, 6) is 0. The fourth-order valence-electron chi connectivity index (χ4n) is 2.21. The highest BCUT2D eigenvalue weighted by molar-refractivity contribution is 7.89. The van der Waals surface area contributed by atoms with E-state index in [0.717, 1.165) is 0 Å². The molecule has 1 atom stereocenters. The van der Waals surface area contributed by atoms with Crippen LogP contribution in [0.2, 0.25) is 5.02 Å². The van der Waals surface area contributed by atoms with Gasteiger partial charge in [0.05, 0.1) is 17.0 Å². The molecular formula is C12H16ClNO3S. The van der Waals surface area contributed by atoms with Crippen LogP contribution >= 0.6 is 11.6 Å². The molecule has 1 aromatic rings. The molecule has 100 valence electrons. The van der Waals surface area contributed by atoms with E-state index in [0.29, 0.717) is 11.6 Å². The molecule has 0 N–H and O–H groups in total. The van der Waals surface area contributed by atoms with Gasteiger partial charge >= 0.3 is 0 Å². The highest BCUT2D eigenvalue weighted by Gasteiger charge is 2.46. The van der Waals surface area contributed by atoms with Crippen molar-refractivity contribution >= 4 is 21.6 Å². The van der Waals surface area contributed by atoms with Gasteiger partial charge in [0.15, 0.2) is 0 Å². The van der Waals surface area contributed by atoms with E-state index in [2.05, 4.69) is 0 Å². The molecule has 18 heavy (non-hydrogen) atoms. The van der Waals surface area contributed by atoms with Crippen molar-refractivity contribution in [1.29, 1.82) is 0 Å². The molecule has 4 nitrogen and oxygen atoms in total. The molecule has 0 aliphatic carbocycles. The first-order chi connectivity index (χ1) is 8.25. The van der Waals surface area contributed by atoms with Crippen LogP contribution in [0.1, 0.15) is 20.8 Å². The Morgan fingerprint density at radius 1 is 1.44 bits per heavy atom. The van der Waals surface area contributed by atoms with Crippen molar-refractivity contribution in [1.82, 2.24) is 4.31 Å². The van der Waals surface area contributed by atoms with Gasteiger partial charge in [-0.3, -0.25) is 0 Å². The molecule has 1 aliphatic heterocycles. The average molecular weight is 290 g/mol. The van der Waals surface area contributed by atoms with Crippen molar-refractivity contribution in [2.45, 2.75) is 37.4 Å². The van der Waals surface area contributed by atoms with Gasteiger partial charge in [0.2, 0.25) is 10.0 Å². The Labute approximate surface area is 113 Å². The quantitative estimate of drug-likeness (QED) is 0.840. The second-order valence-electron chi connectivity index (χ2n) is 4.98. The summed E-state index contributed by atoms with van der Waals surface area (Å²) in [6, 6.07) is 6.28. The fourth-order valence-corrected chi connectivity index (χ4v) is 4.37. The Balaban J connectivity index is 2.49. The Kier molecular flexibility index (Phi) is 3.44. The van der Waals surface area contributed by atoms with Crippen molar-refractivity contribution in [2.75, 3.05) is 6.61 Å². The number of benzene rings is 1. The molecule has 1 heterocycles. The second kappa shape index (κ2) is 4.49. The van der Waals surface area contributed by atoms with Crippen LogP contribution in [0.3, 0.4) is 0 Å². The van der Waals surface area contributed by atoms with E-state index in [4.69, 9.17) is 16.3 Å². The van der Waals surface area contributed by atoms with Crippen molar-refractivity contribution in [3.05, 3.63) is 29.3 Å². The Bertz CT molecular complexity index is 556. The topological polar surface area (TPSA) is 46.6 Å². The number of nitrogens with zero attached hydrogens (tertiary/aromatic N) is 1. The molecule has 1 aliphatic rings. The number of sulfonamides is 1. The van der Waals surface area contributed by atoms with Crippen LogP contribution < -0.4 is 0 Å². The smallest absolute Gasteiger partial charge is 0.245 e. The summed E-state index contributed by atoms with van der Waals surface area (Å²) in [6.07, 6.45) is -0.469. The van der Waals surface area contributed by atoms with E-state index in [1.807, 2.05) is 13.8 Å². The summed E-state index contributed by atoms with van der Waals surface area (Å²) in [4.78, 5) is 0.195. The lowest BCUT2D eigenvalue weighted by atomic mass is 10.1. The third-order valence-corrected chi connectivity index (χ3v) is 5.35. The summed E-state index contributed by atoms with van der Waals surface area (Å²) in [6.45, 7) is 5.81. The van der Waals surface area contributed by atoms with Crippen molar-refractivity contribution in [3.63, 3.8) is 0 Å². The summed E-state index contributed by atoms with van der Waals surface area (Å²) < 4.78 is 32.0. The molecule has 0 radical (unpaired) electrons. The molecule has 0 bridgehead atoms. The van der Waals surface area contributed by atoms with E-state index in [1.165, 1.54) is 10.4 Å². The first kappa shape index (κ1) is 13.8. The van der Waals surface area contributed by atoms with Crippen LogP contribution in [0.4, 0.5) is 0 Å². The minimum atomic E-state index is -3.59. The normalized spacial score (nSPS) is 24.3. The summed E-state index contributed by atoms with van der Waals surface area (Å²) >= 11 is 5.85. The van der Waals surface area contributed by atoms with E-state index in [9.17, 15) is 8.42 Å². The molecule has 1 aromatic carbocycles. The molecule has 0 saturated carbocycles. The third kappa shape index (κ3) is 2.28. The van der Waals surface area contributed by atoms with Crippen LogP contribution in [-0.4, -0.2) is 31.1 Å². The minimum absolute atomic E-state index is 0.195. The predicted octanol–water partition coefficient (Wildman–Crippen LogP) is 2.49. The van der Waals surface area contributed by atoms with Crippen LogP contribution in [0, 0.1) is 0 Å². The second-order valence-corrected chi connectivity index (χ2v) is 7.23. The molecule has 2 rings (SSSR count). The Morgan fingerprint density at radius 3 is 2.61 bits per heavy atom. The maximum Gasteiger partial charge on any atom is 0.245 e. The highest BCUT2D eigenvalue weighted by Crippen LogP contribution is 2.33. The fraction of sp³-hybridized carbons (Fsp3) is 0.500. The highest BCUT2D eigenvalue weighted by atomic mass is 35.5. The van der Waals surface area contributed by atoms with Gasteiger partial charge in [-0.2, -0.15) is 4.31 Å². The number of halogens is 1. The minimum Gasteiger partial charge on any atom is -0.360 e. The van der Waals surface area contributed by atoms with E-state index in [1.54, 1.807) is 25.1 Å². The SMILES string of the molecule is CC1OCC(C)(C)N1S(=O)(=O)c1cccc(Cl)c1. The van der Waals surface area contributed by atoms with Crippen molar-refractivity contribution in [3.8, 4) is 0 Å². The van der Waals surface area contributed by atoms with Gasteiger partial charge in [-0.05, 0) is 39.0 Å². The van der Waals surface area contributed by atoms with Crippen LogP contribution in [0.15, 0.2) is 29.2 Å². The zero-order chi connectivity index (χ0) is 13.6. The van der Waals surface area contributed by atoms with E-state index in [-0.39, 0.29) is 4.90 Å². The third-order valence-electron chi connectivity index (χ3n) is 2.96. The molecule has 1 unspecified atom stereocenters. The monoisotopic (exact) mass is 289 g/mol. The van der Waals surface area contributed by atoms with Crippen molar-refractivity contribution in [2.24, 2.45) is 0 Å². The molecule has 1 fully saturated rings. The molecule has 6 heteroatoms. The van der Waals surface area contributed by atoms with Gasteiger partial charge in [0.25, 0.3) is 0 Å². The van der Waals surface area contributed by atoms with Crippen LogP contribution in [-0.2, 0) is 14.8 Å². The first-order valence-corrected chi connectivity index (χ1v) is 7.49. The molecule has 1 saturated heterocycles. The number of hydrogen-bond donors (Lipinski definition) is 0. The number of hydrogen-bond acceptors (Lipinski definition) is 3. The molecule has 0 amide bonds. The maximum absolute atomic E-state index is 12.6. The molecule has 0 spiro atoms. The zero-order valence-electron chi connectivity index (χ0n) is 10.6. The van der Waals surface area contributed by atoms with Gasteiger partial charge in [0.1, 0.15) is 6.23 Å². The van der Waals surface area contributed by atoms with Crippen LogP contribution in [0.5, 0.6) is 0 Å². The lowest BCUT2D eigenvalue weighted by Crippen LogP contribution is -2.47. The summed E-state index contributed by atoms with van der Waals surface area (Å²) in [7, 11) is -3.59. The van der Waals surface area contributed by atoms with Gasteiger partial charge in [-0.1, -0.05) is 17.7 Å². The van der Waals surface area contributed by atoms with Crippen LogP contribution in [0.25, 0.3) is 0 Å². The summed E-state index contributed by atoms with van der Waals surface area (Å²) in [5.41, 5.74) is -0.555. The van der Waals surface area contributed by atoms with E-state index < -0.39 is 21.8 Å². The largest absolute Gasteiger partial charge is 0.360 e. The van der Waals surface area contributed by atoms with Gasteiger partial charge < -0.3 is 4.74 Å². The average Bonchev–Trinajstić information content (AvgIpc) is 2.53. The zero-order valence-corrected chi connectivity index (χ0v) is 12.1. The van der Waals surface area contributed by atoms with Gasteiger partial charge in [-0.15, -0.1) is 0 Å². The number of ether oxygens (including phenoxy) is 1. The summed E-state index contributed by atoms with van der Waals surface area (Å²) in [5, 5.41) is 0.404. The lowest BCUT2D eigenvalue weighted by Gasteiger charge is -2.30. The predicted molar refractivity (Wildman–Crippen MR) is 70.0 cm³/mol. The lowest BCUT2D eigenvalue weighted by molar-refractivity contribution is 0.0843. The van der Waals surface area contributed by atoms with E-state index >= 15 is 0 Å². The molecular weight excluding hydrogens is 274 g/mol. The van der Waals surface area contributed by atoms with Gasteiger partial charge in [-0.25, -0.2) is 8.42 Å². The number of rotatable bonds is 2. The maximum atomic E-state index is 12.6. The standard InChI is InChI=1S/C12H16ClNO3S/c1-9-14(12(2,3)8-17-9)18(15,16)11-6-4-5-10(13)7-11/h4-7,9H,8H2,1-3H3. The Hall–Kier alpha value is -0.620. The Morgan fingerprint density at radius 2 is 2.11 bits per heavy atom. The van der Waals surface area contributed by atoms with Crippen molar-refractivity contribution < 1.29 is 13.2 Å². The first-order valence-electron chi connectivity index (χ1n) is 5.67. The van der Waals surface area contributed by atoms with Gasteiger partial charge in [0, 0.05) is 5.02 Å².